The van der Waals surface area contributed by atoms with Crippen LogP contribution in [0.4, 0.5) is 16.0 Å². The highest BCUT2D eigenvalue weighted by molar-refractivity contribution is 7.92. The molecule has 0 aliphatic heterocycles. The van der Waals surface area contributed by atoms with E-state index in [0.717, 1.165) is 6.07 Å². The third-order valence-electron chi connectivity index (χ3n) is 5.66. The van der Waals surface area contributed by atoms with E-state index in [4.69, 9.17) is 10.5 Å². The second kappa shape index (κ2) is 9.36. The van der Waals surface area contributed by atoms with Crippen LogP contribution in [-0.2, 0) is 10.0 Å². The van der Waals surface area contributed by atoms with E-state index >= 15 is 0 Å². The molecule has 0 spiro atoms. The number of hydrogen-bond donors (Lipinski definition) is 2. The molecular formula is C26H20FN5O4S. The molecular weight excluding hydrogens is 497 g/mol. The van der Waals surface area contributed by atoms with Crippen molar-refractivity contribution in [2.45, 2.75) is 4.90 Å². The number of pyridine rings is 1. The lowest BCUT2D eigenvalue weighted by Crippen LogP contribution is -2.23. The number of benzene rings is 3. The number of fused-ring (bicyclic) bond motifs is 1. The molecule has 0 fully saturated rings. The van der Waals surface area contributed by atoms with Crippen molar-refractivity contribution in [1.82, 2.24) is 14.5 Å². The maximum atomic E-state index is 14.1. The predicted octanol–water partition coefficient (Wildman–Crippen LogP) is 3.98. The summed E-state index contributed by atoms with van der Waals surface area (Å²) in [5.41, 5.74) is 7.31. The lowest BCUT2D eigenvalue weighted by molar-refractivity contribution is 0.385. The van der Waals surface area contributed by atoms with Crippen LogP contribution < -0.4 is 20.8 Å². The molecule has 2 heterocycles. The Kier molecular flexibility index (Phi) is 6.06. The van der Waals surface area contributed by atoms with Crippen molar-refractivity contribution in [3.8, 4) is 22.7 Å². The Morgan fingerprint density at radius 2 is 1.70 bits per heavy atom. The Morgan fingerprint density at radius 1 is 0.973 bits per heavy atom. The van der Waals surface area contributed by atoms with Gasteiger partial charge in [-0.1, -0.05) is 36.4 Å². The number of para-hydroxylation sites is 2. The van der Waals surface area contributed by atoms with Gasteiger partial charge in [0.05, 0.1) is 29.4 Å². The number of nitrogens with one attached hydrogen (secondary N) is 1. The number of nitrogens with two attached hydrogens (primary N) is 1. The molecule has 3 N–H and O–H groups in total. The van der Waals surface area contributed by atoms with E-state index in [1.807, 2.05) is 6.07 Å². The molecule has 37 heavy (non-hydrogen) atoms. The van der Waals surface area contributed by atoms with E-state index in [2.05, 4.69) is 14.7 Å². The number of methoxy groups -OCH3 is 1. The number of sulfonamides is 1. The largest absolute Gasteiger partial charge is 0.480 e. The first-order chi connectivity index (χ1) is 17.8. The Balaban J connectivity index is 1.63. The van der Waals surface area contributed by atoms with Gasteiger partial charge < -0.3 is 10.5 Å². The first-order valence-electron chi connectivity index (χ1n) is 11.0. The van der Waals surface area contributed by atoms with Gasteiger partial charge in [-0.2, -0.15) is 0 Å². The third-order valence-corrected chi connectivity index (χ3v) is 7.02. The Hall–Kier alpha value is -4.77. The number of nitrogens with zero attached hydrogens (tertiary/aromatic N) is 3. The van der Waals surface area contributed by atoms with E-state index in [0.29, 0.717) is 22.3 Å². The van der Waals surface area contributed by atoms with Gasteiger partial charge >= 0.3 is 0 Å². The Morgan fingerprint density at radius 3 is 2.43 bits per heavy atom. The maximum Gasteiger partial charge on any atom is 0.267 e. The van der Waals surface area contributed by atoms with Crippen molar-refractivity contribution >= 4 is 32.6 Å². The van der Waals surface area contributed by atoms with Crippen molar-refractivity contribution in [3.05, 3.63) is 101 Å². The summed E-state index contributed by atoms with van der Waals surface area (Å²) in [4.78, 5) is 21.5. The van der Waals surface area contributed by atoms with Crippen LogP contribution in [0.1, 0.15) is 0 Å². The van der Waals surface area contributed by atoms with E-state index in [-0.39, 0.29) is 33.4 Å². The monoisotopic (exact) mass is 517 g/mol. The highest BCUT2D eigenvalue weighted by atomic mass is 32.2. The molecule has 5 rings (SSSR count). The van der Waals surface area contributed by atoms with Crippen LogP contribution in [0, 0.1) is 5.82 Å². The lowest BCUT2D eigenvalue weighted by atomic mass is 10.1. The average molecular weight is 518 g/mol. The van der Waals surface area contributed by atoms with Crippen LogP contribution in [0.3, 0.4) is 0 Å². The maximum absolute atomic E-state index is 14.1. The van der Waals surface area contributed by atoms with Gasteiger partial charge in [0.15, 0.2) is 0 Å². The lowest BCUT2D eigenvalue weighted by Gasteiger charge is -2.13. The second-order valence-electron chi connectivity index (χ2n) is 7.99. The van der Waals surface area contributed by atoms with Crippen molar-refractivity contribution < 1.29 is 17.5 Å². The molecule has 0 saturated carbocycles. The summed E-state index contributed by atoms with van der Waals surface area (Å²) in [6.45, 7) is 0. The number of rotatable bonds is 6. The number of aromatic nitrogens is 3. The molecule has 0 aliphatic rings. The molecule has 0 radical (unpaired) electrons. The molecule has 0 atom stereocenters. The molecule has 0 unspecified atom stereocenters. The standard InChI is InChI=1S/C26H20FN5O4S/c1-36-24-23(37(34,35)31-22-10-6-5-9-20(22)27)14-17(15-29-24)16-11-12-21-19(13-16)25(33)32(26(28)30-21)18-7-3-2-4-8-18/h2-15,31H,1H3,(H2,28,30). The van der Waals surface area contributed by atoms with Gasteiger partial charge in [-0.3, -0.25) is 9.52 Å². The predicted molar refractivity (Wildman–Crippen MR) is 139 cm³/mol. The smallest absolute Gasteiger partial charge is 0.267 e. The SMILES string of the molecule is COc1ncc(-c2ccc3nc(N)n(-c4ccccc4)c(=O)c3c2)cc1S(=O)(=O)Nc1ccccc1F. The fraction of sp³-hybridized carbons (Fsp3) is 0.0385. The van der Waals surface area contributed by atoms with Gasteiger partial charge in [-0.25, -0.2) is 27.3 Å². The van der Waals surface area contributed by atoms with Gasteiger partial charge in [0.1, 0.15) is 10.7 Å². The average Bonchev–Trinajstić information content (AvgIpc) is 2.90. The summed E-state index contributed by atoms with van der Waals surface area (Å²) in [5, 5.41) is 0.278. The summed E-state index contributed by atoms with van der Waals surface area (Å²) in [6, 6.07) is 20.5. The van der Waals surface area contributed by atoms with Crippen molar-refractivity contribution in [1.29, 1.82) is 0 Å². The molecule has 5 aromatic rings. The number of hydrogen-bond acceptors (Lipinski definition) is 7. The van der Waals surface area contributed by atoms with Crippen molar-refractivity contribution in [3.63, 3.8) is 0 Å². The van der Waals surface area contributed by atoms with Crippen LogP contribution in [0.2, 0.25) is 0 Å². The zero-order chi connectivity index (χ0) is 26.2. The minimum Gasteiger partial charge on any atom is -0.480 e. The first kappa shape index (κ1) is 23.9. The summed E-state index contributed by atoms with van der Waals surface area (Å²) >= 11 is 0. The quantitative estimate of drug-likeness (QED) is 0.349. The highest BCUT2D eigenvalue weighted by Gasteiger charge is 2.23. The Bertz CT molecular complexity index is 1810. The fourth-order valence-corrected chi connectivity index (χ4v) is 5.10. The first-order valence-corrected chi connectivity index (χ1v) is 12.5. The van der Waals surface area contributed by atoms with E-state index < -0.39 is 15.8 Å². The van der Waals surface area contributed by atoms with E-state index in [1.165, 1.54) is 42.1 Å². The molecule has 0 bridgehead atoms. The van der Waals surface area contributed by atoms with Crippen LogP contribution >= 0.6 is 0 Å². The molecule has 11 heteroatoms. The van der Waals surface area contributed by atoms with Gasteiger partial charge in [0.2, 0.25) is 11.8 Å². The van der Waals surface area contributed by atoms with E-state index in [9.17, 15) is 17.6 Å². The normalized spacial score (nSPS) is 11.4. The third kappa shape index (κ3) is 4.47. The minimum absolute atomic E-state index is 0.0372. The highest BCUT2D eigenvalue weighted by Crippen LogP contribution is 2.30. The fourth-order valence-electron chi connectivity index (χ4n) is 3.89. The van der Waals surface area contributed by atoms with Gasteiger partial charge in [0, 0.05) is 11.8 Å². The summed E-state index contributed by atoms with van der Waals surface area (Å²) in [5.74, 6) is -0.866. The topological polar surface area (TPSA) is 129 Å². The van der Waals surface area contributed by atoms with Crippen molar-refractivity contribution in [2.75, 3.05) is 17.6 Å². The van der Waals surface area contributed by atoms with E-state index in [1.54, 1.807) is 42.5 Å². The van der Waals surface area contributed by atoms with Gasteiger partial charge in [-0.15, -0.1) is 0 Å². The molecule has 0 aliphatic carbocycles. The zero-order valence-corrected chi connectivity index (χ0v) is 20.2. The summed E-state index contributed by atoms with van der Waals surface area (Å²) < 4.78 is 49.1. The number of nitrogen functional groups attached to an aromatic ring is 1. The Labute approximate surface area is 211 Å². The van der Waals surface area contributed by atoms with Crippen LogP contribution in [0.5, 0.6) is 5.88 Å². The van der Waals surface area contributed by atoms with Gasteiger partial charge in [0.25, 0.3) is 15.6 Å². The van der Waals surface area contributed by atoms with Crippen LogP contribution in [-0.4, -0.2) is 30.1 Å². The molecule has 0 amide bonds. The van der Waals surface area contributed by atoms with Crippen LogP contribution in [0.25, 0.3) is 27.7 Å². The summed E-state index contributed by atoms with van der Waals surface area (Å²) in [6.07, 6.45) is 1.42. The molecule has 186 valence electrons. The number of anilines is 2. The molecule has 3 aromatic carbocycles. The van der Waals surface area contributed by atoms with Crippen LogP contribution in [0.15, 0.2) is 94.7 Å². The molecule has 0 saturated heterocycles. The number of ether oxygens (including phenoxy) is 1. The molecule has 2 aromatic heterocycles. The minimum atomic E-state index is -4.28. The number of halogens is 1. The zero-order valence-electron chi connectivity index (χ0n) is 19.4. The van der Waals surface area contributed by atoms with Gasteiger partial charge in [-0.05, 0) is 48.0 Å². The summed E-state index contributed by atoms with van der Waals surface area (Å²) in [7, 11) is -3.00. The second-order valence-corrected chi connectivity index (χ2v) is 9.65. The molecule has 9 nitrogen and oxygen atoms in total. The van der Waals surface area contributed by atoms with Crippen molar-refractivity contribution in [2.24, 2.45) is 0 Å².